The molecule has 1 atom stereocenters. The van der Waals surface area contributed by atoms with E-state index < -0.39 is 22.8 Å². The van der Waals surface area contributed by atoms with Gasteiger partial charge in [-0.1, -0.05) is 37.2 Å². The molecular formula is C40H48N6O4. The molecule has 262 valence electrons. The number of H-pyrrole nitrogens is 2. The van der Waals surface area contributed by atoms with Crippen LogP contribution < -0.4 is 5.32 Å². The highest BCUT2D eigenvalue weighted by Crippen LogP contribution is 2.39. The van der Waals surface area contributed by atoms with Crippen LogP contribution in [-0.2, 0) is 27.9 Å². The van der Waals surface area contributed by atoms with Crippen LogP contribution in [0, 0.1) is 11.8 Å². The molecular weight excluding hydrogens is 628 g/mol. The van der Waals surface area contributed by atoms with Crippen molar-refractivity contribution in [3.05, 3.63) is 70.4 Å². The zero-order chi connectivity index (χ0) is 35.3. The number of ether oxygens (including phenoxy) is 2. The van der Waals surface area contributed by atoms with E-state index in [4.69, 9.17) is 19.4 Å². The van der Waals surface area contributed by atoms with E-state index in [0.717, 1.165) is 109 Å². The van der Waals surface area contributed by atoms with Crippen molar-refractivity contribution in [3.8, 4) is 23.1 Å². The number of likely N-dealkylation sites (tertiary alicyclic amines) is 1. The standard InChI is InChI=1S/C40H48N6O4/c1-38(2,3)49-36(47)45-40(20-8-7-9-21-40)35-42-29-18-15-26(24-31(29)43-35)13-12-25-14-17-28-27(23-25)16-19-30-33(28)44-34(41-30)32-11-10-22-46(32)37(48)50-39(4,5)6/h14-15,17-18,23-24,32H,7-11,16,19-22H2,1-6H3,(H,41,44)(H,42,43)(H,45,47). The van der Waals surface area contributed by atoms with Crippen LogP contribution in [0.3, 0.4) is 0 Å². The molecule has 0 spiro atoms. The Morgan fingerprint density at radius 1 is 0.880 bits per heavy atom. The number of alkyl carbamates (subject to hydrolysis) is 1. The van der Waals surface area contributed by atoms with Gasteiger partial charge in [-0.3, -0.25) is 4.90 Å². The molecule has 10 heteroatoms. The first kappa shape index (κ1) is 33.7. The highest BCUT2D eigenvalue weighted by atomic mass is 16.6. The fraction of sp³-hybridized carbons (Fsp3) is 0.500. The maximum Gasteiger partial charge on any atom is 0.410 e. The average Bonchev–Trinajstić information content (AvgIpc) is 3.80. The Balaban J connectivity index is 1.09. The number of carbonyl (C=O) groups excluding carboxylic acids is 2. The topological polar surface area (TPSA) is 125 Å². The number of fused-ring (bicyclic) bond motifs is 4. The predicted molar refractivity (Wildman–Crippen MR) is 193 cm³/mol. The van der Waals surface area contributed by atoms with Crippen molar-refractivity contribution in [1.29, 1.82) is 0 Å². The molecule has 1 aliphatic heterocycles. The van der Waals surface area contributed by atoms with Crippen molar-refractivity contribution < 1.29 is 19.1 Å². The molecule has 3 heterocycles. The third kappa shape index (κ3) is 7.09. The van der Waals surface area contributed by atoms with Crippen molar-refractivity contribution in [3.63, 3.8) is 0 Å². The lowest BCUT2D eigenvalue weighted by Gasteiger charge is -2.36. The van der Waals surface area contributed by atoms with Crippen molar-refractivity contribution in [2.45, 2.75) is 122 Å². The summed E-state index contributed by atoms with van der Waals surface area (Å²) in [6.07, 6.45) is 7.62. The van der Waals surface area contributed by atoms with Crippen LogP contribution in [0.25, 0.3) is 22.3 Å². The molecule has 10 nitrogen and oxygen atoms in total. The van der Waals surface area contributed by atoms with E-state index in [1.54, 1.807) is 0 Å². The van der Waals surface area contributed by atoms with Gasteiger partial charge in [-0.15, -0.1) is 0 Å². The summed E-state index contributed by atoms with van der Waals surface area (Å²) in [6, 6.07) is 12.2. The van der Waals surface area contributed by atoms with Crippen LogP contribution in [-0.4, -0.2) is 54.8 Å². The Hall–Kier alpha value is -4.78. The van der Waals surface area contributed by atoms with Crippen molar-refractivity contribution in [2.24, 2.45) is 0 Å². The van der Waals surface area contributed by atoms with Gasteiger partial charge in [0.1, 0.15) is 28.4 Å². The summed E-state index contributed by atoms with van der Waals surface area (Å²) >= 11 is 0. The molecule has 1 saturated carbocycles. The lowest BCUT2D eigenvalue weighted by atomic mass is 9.81. The van der Waals surface area contributed by atoms with Gasteiger partial charge in [-0.25, -0.2) is 19.6 Å². The zero-order valence-electron chi connectivity index (χ0n) is 30.1. The molecule has 2 aliphatic carbocycles. The number of nitrogens with one attached hydrogen (secondary N) is 3. The molecule has 2 aromatic heterocycles. The van der Waals surface area contributed by atoms with Crippen LogP contribution in [0.5, 0.6) is 0 Å². The molecule has 7 rings (SSSR count). The van der Waals surface area contributed by atoms with Crippen LogP contribution >= 0.6 is 0 Å². The number of benzene rings is 2. The minimum Gasteiger partial charge on any atom is -0.444 e. The van der Waals surface area contributed by atoms with Gasteiger partial charge in [-0.05, 0) is 116 Å². The van der Waals surface area contributed by atoms with Gasteiger partial charge < -0.3 is 24.8 Å². The molecule has 1 saturated heterocycles. The Morgan fingerprint density at radius 2 is 1.60 bits per heavy atom. The number of nitrogens with zero attached hydrogens (tertiary/aromatic N) is 3. The molecule has 2 amide bonds. The molecule has 0 bridgehead atoms. The first-order valence-corrected chi connectivity index (χ1v) is 18.0. The fourth-order valence-electron chi connectivity index (χ4n) is 7.48. The SMILES string of the molecule is CC(C)(C)OC(=O)NC1(c2nc3ccc(C#Cc4ccc5c(c4)CCc4[nH]c(C6CCCN6C(=O)OC(C)(C)C)nc4-5)cc3[nH]2)CCCCC1. The number of aromatic nitrogens is 4. The molecule has 1 unspecified atom stereocenters. The van der Waals surface area contributed by atoms with Crippen molar-refractivity contribution in [1.82, 2.24) is 30.2 Å². The summed E-state index contributed by atoms with van der Waals surface area (Å²) in [5.74, 6) is 8.32. The van der Waals surface area contributed by atoms with Gasteiger partial charge in [0.15, 0.2) is 0 Å². The largest absolute Gasteiger partial charge is 0.444 e. The highest BCUT2D eigenvalue weighted by Gasteiger charge is 2.40. The van der Waals surface area contributed by atoms with Gasteiger partial charge in [0.25, 0.3) is 0 Å². The molecule has 50 heavy (non-hydrogen) atoms. The van der Waals surface area contributed by atoms with Crippen LogP contribution in [0.1, 0.15) is 127 Å². The van der Waals surface area contributed by atoms with E-state index in [2.05, 4.69) is 45.3 Å². The van der Waals surface area contributed by atoms with Gasteiger partial charge in [0, 0.05) is 28.9 Å². The minimum absolute atomic E-state index is 0.109. The third-order valence-electron chi connectivity index (χ3n) is 9.73. The van der Waals surface area contributed by atoms with Crippen LogP contribution in [0.15, 0.2) is 36.4 Å². The summed E-state index contributed by atoms with van der Waals surface area (Å²) < 4.78 is 11.3. The Labute approximate surface area is 294 Å². The number of amides is 2. The van der Waals surface area contributed by atoms with Crippen LogP contribution in [0.4, 0.5) is 9.59 Å². The first-order chi connectivity index (χ1) is 23.8. The maximum absolute atomic E-state index is 12.9. The summed E-state index contributed by atoms with van der Waals surface area (Å²) in [7, 11) is 0. The highest BCUT2D eigenvalue weighted by molar-refractivity contribution is 5.78. The normalized spacial score (nSPS) is 18.5. The number of carbonyl (C=O) groups is 2. The van der Waals surface area contributed by atoms with Crippen molar-refractivity contribution >= 4 is 23.2 Å². The monoisotopic (exact) mass is 676 g/mol. The van der Waals surface area contributed by atoms with E-state index in [9.17, 15) is 9.59 Å². The quantitative estimate of drug-likeness (QED) is 0.188. The number of hydrogen-bond donors (Lipinski definition) is 3. The fourth-order valence-corrected chi connectivity index (χ4v) is 7.48. The van der Waals surface area contributed by atoms with E-state index >= 15 is 0 Å². The Bertz CT molecular complexity index is 1990. The number of imidazole rings is 2. The van der Waals surface area contributed by atoms with Gasteiger partial charge in [-0.2, -0.15) is 0 Å². The van der Waals surface area contributed by atoms with E-state index in [0.29, 0.717) is 6.54 Å². The summed E-state index contributed by atoms with van der Waals surface area (Å²) in [5.41, 5.74) is 6.29. The van der Waals surface area contributed by atoms with Gasteiger partial charge in [0.2, 0.25) is 0 Å². The third-order valence-corrected chi connectivity index (χ3v) is 9.73. The summed E-state index contributed by atoms with van der Waals surface area (Å²) in [5, 5.41) is 3.18. The second-order valence-electron chi connectivity index (χ2n) is 16.0. The average molecular weight is 677 g/mol. The number of aromatic amines is 2. The smallest absolute Gasteiger partial charge is 0.410 e. The van der Waals surface area contributed by atoms with Crippen molar-refractivity contribution in [2.75, 3.05) is 6.54 Å². The minimum atomic E-state index is -0.585. The Morgan fingerprint density at radius 3 is 2.34 bits per heavy atom. The molecule has 3 aliphatic rings. The van der Waals surface area contributed by atoms with E-state index in [1.807, 2.05) is 64.6 Å². The van der Waals surface area contributed by atoms with E-state index in [-0.39, 0.29) is 12.1 Å². The number of aryl methyl sites for hydroxylation is 2. The van der Waals surface area contributed by atoms with Gasteiger partial charge >= 0.3 is 12.2 Å². The molecule has 2 fully saturated rings. The Kier molecular flexibility index (Phi) is 8.65. The van der Waals surface area contributed by atoms with Gasteiger partial charge in [0.05, 0.1) is 22.8 Å². The summed E-state index contributed by atoms with van der Waals surface area (Å²) in [4.78, 5) is 44.7. The first-order valence-electron chi connectivity index (χ1n) is 18.0. The lowest BCUT2D eigenvalue weighted by Crippen LogP contribution is -2.49. The summed E-state index contributed by atoms with van der Waals surface area (Å²) in [6.45, 7) is 12.0. The van der Waals surface area contributed by atoms with Crippen LogP contribution in [0.2, 0.25) is 0 Å². The number of hydrogen-bond acceptors (Lipinski definition) is 6. The second kappa shape index (κ2) is 12.8. The second-order valence-corrected chi connectivity index (χ2v) is 16.0. The maximum atomic E-state index is 12.9. The molecule has 4 aromatic rings. The molecule has 0 radical (unpaired) electrons. The molecule has 2 aromatic carbocycles. The lowest BCUT2D eigenvalue weighted by molar-refractivity contribution is 0.0218. The molecule has 3 N–H and O–H groups in total. The number of rotatable bonds is 3. The van der Waals surface area contributed by atoms with E-state index in [1.165, 1.54) is 5.56 Å². The predicted octanol–water partition coefficient (Wildman–Crippen LogP) is 8.21. The zero-order valence-corrected chi connectivity index (χ0v) is 30.1.